The average Bonchev–Trinajstić information content (AvgIpc) is 3.75. The number of cyclic esters (lactones) is 1. The number of esters is 1. The molecule has 4 heterocycles. The van der Waals surface area contributed by atoms with Crippen molar-refractivity contribution in [2.45, 2.75) is 93.8 Å². The van der Waals surface area contributed by atoms with Crippen molar-refractivity contribution in [1.29, 1.82) is 0 Å². The summed E-state index contributed by atoms with van der Waals surface area (Å²) in [7, 11) is 1.72. The van der Waals surface area contributed by atoms with Crippen LogP contribution in [0, 0.1) is 11.8 Å². The molecule has 4 aliphatic heterocycles. The van der Waals surface area contributed by atoms with E-state index in [1.54, 1.807) is 18.0 Å². The number of hydrogen-bond acceptors (Lipinski definition) is 7. The number of aliphatic hydroxyl groups is 1. The fraction of sp³-hybridized carbons (Fsp3) is 0.500. The Labute approximate surface area is 307 Å². The molecule has 2 saturated heterocycles. The first kappa shape index (κ1) is 35.6. The van der Waals surface area contributed by atoms with Gasteiger partial charge >= 0.3 is 5.97 Å². The zero-order chi connectivity index (χ0) is 35.9. The van der Waals surface area contributed by atoms with Crippen molar-refractivity contribution in [2.24, 2.45) is 11.8 Å². The van der Waals surface area contributed by atoms with Crippen LogP contribution in [0.5, 0.6) is 0 Å². The fourth-order valence-electron chi connectivity index (χ4n) is 8.95. The van der Waals surface area contributed by atoms with Gasteiger partial charge in [-0.05, 0) is 43.4 Å². The molecule has 11 heteroatoms. The highest BCUT2D eigenvalue weighted by Crippen LogP contribution is 2.60. The van der Waals surface area contributed by atoms with E-state index < -0.39 is 66.3 Å². The average molecular weight is 761 g/mol. The number of carbonyl (C=O) groups is 4. The molecule has 0 unspecified atom stereocenters. The molecule has 1 aliphatic carbocycles. The number of likely N-dealkylation sites (N-methyl/N-ethyl adjacent to an activating group) is 1. The largest absolute Gasteiger partial charge is 0.455 e. The van der Waals surface area contributed by atoms with E-state index in [-0.39, 0.29) is 24.3 Å². The second kappa shape index (κ2) is 14.7. The summed E-state index contributed by atoms with van der Waals surface area (Å²) in [6.45, 7) is 1.73. The molecule has 51 heavy (non-hydrogen) atoms. The van der Waals surface area contributed by atoms with Gasteiger partial charge in [0.15, 0.2) is 0 Å². The molecular formula is C40H46BrN3O7. The van der Waals surface area contributed by atoms with E-state index in [0.717, 1.165) is 32.1 Å². The normalized spacial score (nSPS) is 33.3. The maximum Gasteiger partial charge on any atom is 0.313 e. The van der Waals surface area contributed by atoms with Crippen LogP contribution < -0.4 is 0 Å². The Hall–Kier alpha value is -3.80. The topological polar surface area (TPSA) is 117 Å². The smallest absolute Gasteiger partial charge is 0.313 e. The Morgan fingerprint density at radius 1 is 0.922 bits per heavy atom. The molecule has 270 valence electrons. The molecule has 5 bridgehead atoms. The number of amides is 3. The first-order valence-corrected chi connectivity index (χ1v) is 19.0. The number of benzene rings is 2. The van der Waals surface area contributed by atoms with Gasteiger partial charge in [0.2, 0.25) is 17.7 Å². The van der Waals surface area contributed by atoms with Crippen molar-refractivity contribution >= 4 is 39.6 Å². The van der Waals surface area contributed by atoms with Crippen LogP contribution in [0.3, 0.4) is 0 Å². The van der Waals surface area contributed by atoms with Gasteiger partial charge in [0.1, 0.15) is 29.8 Å². The molecule has 8 atom stereocenters. The highest BCUT2D eigenvalue weighted by molar-refractivity contribution is 9.11. The molecule has 10 nitrogen and oxygen atoms in total. The second-order valence-electron chi connectivity index (χ2n) is 14.5. The molecule has 0 radical (unpaired) electrons. The summed E-state index contributed by atoms with van der Waals surface area (Å²) in [5.74, 6) is -3.61. The van der Waals surface area contributed by atoms with E-state index in [4.69, 9.17) is 9.47 Å². The highest BCUT2D eigenvalue weighted by Gasteiger charge is 2.75. The zero-order valence-electron chi connectivity index (χ0n) is 29.1. The van der Waals surface area contributed by atoms with Gasteiger partial charge in [-0.2, -0.15) is 0 Å². The summed E-state index contributed by atoms with van der Waals surface area (Å²) in [5.41, 5.74) is -0.0882. The summed E-state index contributed by atoms with van der Waals surface area (Å²) in [5, 5.41) is 10.9. The van der Waals surface area contributed by atoms with Gasteiger partial charge in [0, 0.05) is 30.5 Å². The van der Waals surface area contributed by atoms with Crippen LogP contribution >= 0.6 is 15.9 Å². The number of allylic oxidation sites excluding steroid dienone is 1. The van der Waals surface area contributed by atoms with Gasteiger partial charge in [0.05, 0.1) is 24.6 Å². The first-order chi connectivity index (χ1) is 24.7. The first-order valence-electron chi connectivity index (χ1n) is 18.2. The molecule has 1 spiro atoms. The summed E-state index contributed by atoms with van der Waals surface area (Å²) >= 11 is 3.66. The number of rotatable bonds is 5. The van der Waals surface area contributed by atoms with Crippen LogP contribution in [0.1, 0.15) is 75.1 Å². The molecule has 3 fully saturated rings. The number of hydrogen-bond donors (Lipinski definition) is 1. The van der Waals surface area contributed by atoms with Crippen LogP contribution in [0.2, 0.25) is 0 Å². The minimum Gasteiger partial charge on any atom is -0.455 e. The van der Waals surface area contributed by atoms with E-state index in [2.05, 4.69) is 15.9 Å². The summed E-state index contributed by atoms with van der Waals surface area (Å²) in [6.07, 6.45) is 9.47. The van der Waals surface area contributed by atoms with Crippen LogP contribution in [0.4, 0.5) is 0 Å². The van der Waals surface area contributed by atoms with E-state index in [1.807, 2.05) is 84.6 Å². The van der Waals surface area contributed by atoms with Crippen LogP contribution in [-0.4, -0.2) is 93.5 Å². The molecular weight excluding hydrogens is 714 g/mol. The van der Waals surface area contributed by atoms with Gasteiger partial charge in [-0.15, -0.1) is 0 Å². The number of halogens is 1. The molecule has 0 aromatic heterocycles. The van der Waals surface area contributed by atoms with Crippen molar-refractivity contribution in [3.8, 4) is 0 Å². The third-order valence-corrected chi connectivity index (χ3v) is 12.3. The van der Waals surface area contributed by atoms with Gasteiger partial charge in [-0.25, -0.2) is 0 Å². The van der Waals surface area contributed by atoms with Gasteiger partial charge in [-0.1, -0.05) is 108 Å². The maximum absolute atomic E-state index is 15.3. The molecule has 1 saturated carbocycles. The monoisotopic (exact) mass is 759 g/mol. The molecule has 5 aliphatic rings. The van der Waals surface area contributed by atoms with Crippen molar-refractivity contribution in [3.05, 3.63) is 94.5 Å². The number of carbonyl (C=O) groups excluding carboxylic acids is 4. The molecule has 7 rings (SSSR count). The van der Waals surface area contributed by atoms with Gasteiger partial charge in [0.25, 0.3) is 0 Å². The lowest BCUT2D eigenvalue weighted by molar-refractivity contribution is -0.164. The molecule has 2 aromatic rings. The number of aliphatic hydroxyl groups excluding tert-OH is 1. The minimum atomic E-state index is -1.48. The lowest BCUT2D eigenvalue weighted by Crippen LogP contribution is -2.58. The minimum absolute atomic E-state index is 0.0540. The Balaban J connectivity index is 1.37. The molecule has 3 amide bonds. The van der Waals surface area contributed by atoms with Crippen molar-refractivity contribution in [1.82, 2.24) is 14.7 Å². The Morgan fingerprint density at radius 2 is 1.61 bits per heavy atom. The van der Waals surface area contributed by atoms with Gasteiger partial charge < -0.3 is 29.3 Å². The lowest BCUT2D eigenvalue weighted by Gasteiger charge is -2.42. The van der Waals surface area contributed by atoms with Crippen molar-refractivity contribution in [3.63, 3.8) is 0 Å². The Kier molecular flexibility index (Phi) is 10.2. The van der Waals surface area contributed by atoms with E-state index in [9.17, 15) is 14.7 Å². The summed E-state index contributed by atoms with van der Waals surface area (Å²) in [6, 6.07) is 15.9. The predicted molar refractivity (Wildman–Crippen MR) is 193 cm³/mol. The zero-order valence-corrected chi connectivity index (χ0v) is 30.7. The van der Waals surface area contributed by atoms with E-state index in [0.29, 0.717) is 28.6 Å². The van der Waals surface area contributed by atoms with Gasteiger partial charge in [-0.3, -0.25) is 19.2 Å². The van der Waals surface area contributed by atoms with Crippen molar-refractivity contribution in [2.75, 3.05) is 20.2 Å². The Bertz CT molecular complexity index is 1700. The maximum atomic E-state index is 15.3. The van der Waals surface area contributed by atoms with E-state index in [1.165, 1.54) is 4.90 Å². The SMILES string of the molecule is C[C@H]1[C@H](c2ccccc2)OC(=O)[C@H]2[C@@H]3O[C@@]4(C=C3Br)[C@@H]2C(=O)N([C@H](CO)c2ccccc2)[C@@H]4C(=O)N(C2CCCCC2)C/C=C\CCC(=O)N1C. The predicted octanol–water partition coefficient (Wildman–Crippen LogP) is 5.24. The van der Waals surface area contributed by atoms with Crippen LogP contribution in [0.15, 0.2) is 83.4 Å². The Morgan fingerprint density at radius 3 is 2.29 bits per heavy atom. The van der Waals surface area contributed by atoms with Crippen LogP contribution in [-0.2, 0) is 28.7 Å². The van der Waals surface area contributed by atoms with Crippen molar-refractivity contribution < 1.29 is 33.8 Å². The molecule has 1 N–H and O–H groups in total. The number of ether oxygens (including phenoxy) is 2. The standard InChI is InChI=1S/C40H46BrN3O7/c1-25-34(27-17-9-4-10-18-27)50-39(49)32-33-37(47)44(30(24-45)26-15-7-3-8-16-26)36(40(33)23-29(41)35(32)51-40)38(48)43(28-19-11-5-12-20-28)22-14-6-13-21-31(46)42(25)2/h3-4,6-10,14-18,23,25,28,30,32-36,45H,5,11-13,19-22,24H2,1-2H3/b14-6-/t25-,30+,32+,33-,34+,35+,36+,40-/m0/s1. The number of nitrogens with zero attached hydrogens (tertiary/aromatic N) is 3. The third-order valence-electron chi connectivity index (χ3n) is 11.7. The van der Waals surface area contributed by atoms with E-state index >= 15 is 9.59 Å². The quantitative estimate of drug-likeness (QED) is 0.328. The summed E-state index contributed by atoms with van der Waals surface area (Å²) in [4.78, 5) is 63.4. The molecule has 2 aromatic carbocycles. The number of fused-ring (bicyclic) bond motifs is 2. The third kappa shape index (κ3) is 6.25. The summed E-state index contributed by atoms with van der Waals surface area (Å²) < 4.78 is 13.7. The second-order valence-corrected chi connectivity index (χ2v) is 15.4. The highest BCUT2D eigenvalue weighted by atomic mass is 79.9. The lowest BCUT2D eigenvalue weighted by atomic mass is 9.74. The fourth-order valence-corrected chi connectivity index (χ4v) is 9.69. The number of likely N-dealkylation sites (tertiary alicyclic amines) is 1. The van der Waals surface area contributed by atoms with Crippen LogP contribution in [0.25, 0.3) is 0 Å².